The molecular weight excluding hydrogens is 364 g/mol. The van der Waals surface area contributed by atoms with Gasteiger partial charge in [-0.05, 0) is 67.1 Å². The number of nitrogens with zero attached hydrogens (tertiary/aromatic N) is 1. The van der Waals surface area contributed by atoms with E-state index in [-0.39, 0.29) is 16.6 Å². The van der Waals surface area contributed by atoms with E-state index in [2.05, 4.69) is 4.72 Å². The molecule has 1 aliphatic heterocycles. The molecule has 27 heavy (non-hydrogen) atoms. The Morgan fingerprint density at radius 2 is 1.93 bits per heavy atom. The van der Waals surface area contributed by atoms with Crippen LogP contribution in [-0.2, 0) is 27.7 Å². The maximum atomic E-state index is 12.6. The molecule has 3 rings (SSSR count). The Bertz CT molecular complexity index is 923. The predicted octanol–water partition coefficient (Wildman–Crippen LogP) is 2.60. The number of aryl methyl sites for hydroxylation is 2. The summed E-state index contributed by atoms with van der Waals surface area (Å²) < 4.78 is 27.8. The molecule has 0 unspecified atom stereocenters. The van der Waals surface area contributed by atoms with Crippen LogP contribution >= 0.6 is 0 Å². The highest BCUT2D eigenvalue weighted by Crippen LogP contribution is 2.29. The summed E-state index contributed by atoms with van der Waals surface area (Å²) in [6.07, 6.45) is 2.98. The summed E-state index contributed by atoms with van der Waals surface area (Å²) in [4.78, 5) is 13.7. The van der Waals surface area contributed by atoms with Gasteiger partial charge >= 0.3 is 0 Å². The highest BCUT2D eigenvalue weighted by molar-refractivity contribution is 7.89. The van der Waals surface area contributed by atoms with Gasteiger partial charge in [-0.1, -0.05) is 12.1 Å². The van der Waals surface area contributed by atoms with E-state index in [0.29, 0.717) is 19.5 Å². The lowest BCUT2D eigenvalue weighted by atomic mass is 10.0. The number of carbonyl (C=O) groups excluding carboxylic acids is 1. The van der Waals surface area contributed by atoms with Gasteiger partial charge in [-0.15, -0.1) is 0 Å². The summed E-state index contributed by atoms with van der Waals surface area (Å²) in [5, 5.41) is 9.28. The van der Waals surface area contributed by atoms with Crippen molar-refractivity contribution in [1.29, 1.82) is 0 Å². The van der Waals surface area contributed by atoms with Crippen LogP contribution in [0.5, 0.6) is 5.75 Å². The van der Waals surface area contributed by atoms with Crippen LogP contribution in [-0.4, -0.2) is 32.5 Å². The Morgan fingerprint density at radius 1 is 1.19 bits per heavy atom. The maximum absolute atomic E-state index is 12.6. The monoisotopic (exact) mass is 388 g/mol. The standard InChI is InChI=1S/C20H24N2O4S/c1-15(23)22-13-3-5-17-14-19(10-11-20(17)22)27(25,26)21-12-2-4-16-6-8-18(24)9-7-16/h6-11,14,21,24H,2-5,12-13H2,1H3. The average Bonchev–Trinajstić information content (AvgIpc) is 2.65. The molecule has 2 N–H and O–H groups in total. The van der Waals surface area contributed by atoms with Gasteiger partial charge in [-0.2, -0.15) is 0 Å². The number of phenolic OH excluding ortho intramolecular Hbond substituents is 1. The van der Waals surface area contributed by atoms with Gasteiger partial charge in [0.15, 0.2) is 0 Å². The van der Waals surface area contributed by atoms with Gasteiger partial charge in [0, 0.05) is 25.7 Å². The lowest BCUT2D eigenvalue weighted by Crippen LogP contribution is -2.33. The second kappa shape index (κ2) is 8.10. The smallest absolute Gasteiger partial charge is 0.240 e. The zero-order valence-corrected chi connectivity index (χ0v) is 16.1. The summed E-state index contributed by atoms with van der Waals surface area (Å²) in [5.41, 5.74) is 2.74. The van der Waals surface area contributed by atoms with E-state index in [1.54, 1.807) is 35.2 Å². The molecule has 0 bridgehead atoms. The molecule has 144 valence electrons. The molecule has 7 heteroatoms. The fourth-order valence-electron chi connectivity index (χ4n) is 3.31. The minimum absolute atomic E-state index is 0.0288. The molecule has 0 spiro atoms. The summed E-state index contributed by atoms with van der Waals surface area (Å²) in [7, 11) is -3.59. The number of amides is 1. The molecule has 0 aliphatic carbocycles. The van der Waals surface area contributed by atoms with Crippen molar-refractivity contribution in [3.63, 3.8) is 0 Å². The number of sulfonamides is 1. The summed E-state index contributed by atoms with van der Waals surface area (Å²) in [5.74, 6) is 0.189. The molecule has 1 aliphatic rings. The molecule has 6 nitrogen and oxygen atoms in total. The van der Waals surface area contributed by atoms with Crippen LogP contribution in [0.25, 0.3) is 0 Å². The number of anilines is 1. The molecule has 2 aromatic rings. The maximum Gasteiger partial charge on any atom is 0.240 e. The highest BCUT2D eigenvalue weighted by atomic mass is 32.2. The largest absolute Gasteiger partial charge is 0.508 e. The Labute approximate surface area is 159 Å². The zero-order chi connectivity index (χ0) is 19.4. The van der Waals surface area contributed by atoms with Gasteiger partial charge < -0.3 is 10.0 Å². The molecule has 0 saturated carbocycles. The van der Waals surface area contributed by atoms with E-state index in [9.17, 15) is 18.3 Å². The van der Waals surface area contributed by atoms with Crippen LogP contribution in [0, 0.1) is 0 Å². The number of hydrogen-bond donors (Lipinski definition) is 2. The number of fused-ring (bicyclic) bond motifs is 1. The number of hydrogen-bond acceptors (Lipinski definition) is 4. The fraction of sp³-hybridized carbons (Fsp3) is 0.350. The van der Waals surface area contributed by atoms with Crippen LogP contribution in [0.4, 0.5) is 5.69 Å². The lowest BCUT2D eigenvalue weighted by Gasteiger charge is -2.28. The SMILES string of the molecule is CC(=O)N1CCCc2cc(S(=O)(=O)NCCCc3ccc(O)cc3)ccc21. The van der Waals surface area contributed by atoms with Crippen LogP contribution in [0.15, 0.2) is 47.4 Å². The third-order valence-electron chi connectivity index (χ3n) is 4.73. The van der Waals surface area contributed by atoms with E-state index >= 15 is 0 Å². The van der Waals surface area contributed by atoms with Crippen molar-refractivity contribution in [2.24, 2.45) is 0 Å². The number of nitrogens with one attached hydrogen (secondary N) is 1. The number of phenols is 1. The van der Waals surface area contributed by atoms with Crippen molar-refractivity contribution in [2.45, 2.75) is 37.5 Å². The zero-order valence-electron chi connectivity index (χ0n) is 15.3. The molecule has 0 aromatic heterocycles. The van der Waals surface area contributed by atoms with Crippen molar-refractivity contribution in [3.05, 3.63) is 53.6 Å². The fourth-order valence-corrected chi connectivity index (χ4v) is 4.44. The minimum atomic E-state index is -3.59. The second-order valence-electron chi connectivity index (χ2n) is 6.73. The van der Waals surface area contributed by atoms with Crippen molar-refractivity contribution in [2.75, 3.05) is 18.0 Å². The first-order valence-electron chi connectivity index (χ1n) is 9.05. The lowest BCUT2D eigenvalue weighted by molar-refractivity contribution is -0.116. The number of benzene rings is 2. The molecule has 1 amide bonds. The van der Waals surface area contributed by atoms with Crippen molar-refractivity contribution in [3.8, 4) is 5.75 Å². The minimum Gasteiger partial charge on any atom is -0.508 e. The van der Waals surface area contributed by atoms with Crippen molar-refractivity contribution < 1.29 is 18.3 Å². The first-order chi connectivity index (χ1) is 12.9. The molecular formula is C20H24N2O4S. The normalized spacial score (nSPS) is 14.0. The first-order valence-corrected chi connectivity index (χ1v) is 10.5. The molecule has 0 atom stereocenters. The topological polar surface area (TPSA) is 86.7 Å². The molecule has 0 fully saturated rings. The average molecular weight is 388 g/mol. The van der Waals surface area contributed by atoms with E-state index in [0.717, 1.165) is 36.1 Å². The second-order valence-corrected chi connectivity index (χ2v) is 8.50. The third-order valence-corrected chi connectivity index (χ3v) is 6.19. The quantitative estimate of drug-likeness (QED) is 0.745. The third kappa shape index (κ3) is 4.67. The van der Waals surface area contributed by atoms with Gasteiger partial charge in [-0.25, -0.2) is 13.1 Å². The highest BCUT2D eigenvalue weighted by Gasteiger charge is 2.22. The van der Waals surface area contributed by atoms with Crippen LogP contribution in [0.3, 0.4) is 0 Å². The van der Waals surface area contributed by atoms with Gasteiger partial charge in [0.1, 0.15) is 5.75 Å². The van der Waals surface area contributed by atoms with Crippen LogP contribution in [0.1, 0.15) is 30.9 Å². The number of aromatic hydroxyl groups is 1. The summed E-state index contributed by atoms with van der Waals surface area (Å²) in [6.45, 7) is 2.53. The van der Waals surface area contributed by atoms with Crippen molar-refractivity contribution in [1.82, 2.24) is 4.72 Å². The number of carbonyl (C=O) groups is 1. The van der Waals surface area contributed by atoms with Gasteiger partial charge in [0.2, 0.25) is 15.9 Å². The number of rotatable bonds is 6. The first kappa shape index (κ1) is 19.4. The molecule has 0 saturated heterocycles. The molecule has 0 radical (unpaired) electrons. The van der Waals surface area contributed by atoms with E-state index in [1.807, 2.05) is 12.1 Å². The Kier molecular flexibility index (Phi) is 5.82. The van der Waals surface area contributed by atoms with Crippen molar-refractivity contribution >= 4 is 21.6 Å². The summed E-state index contributed by atoms with van der Waals surface area (Å²) >= 11 is 0. The Hall–Kier alpha value is -2.38. The van der Waals surface area contributed by atoms with Gasteiger partial charge in [-0.3, -0.25) is 4.79 Å². The molecule has 2 aromatic carbocycles. The van der Waals surface area contributed by atoms with Crippen LogP contribution in [0.2, 0.25) is 0 Å². The van der Waals surface area contributed by atoms with Crippen LogP contribution < -0.4 is 9.62 Å². The molecule has 1 heterocycles. The van der Waals surface area contributed by atoms with Gasteiger partial charge in [0.25, 0.3) is 0 Å². The van der Waals surface area contributed by atoms with E-state index in [4.69, 9.17) is 0 Å². The van der Waals surface area contributed by atoms with E-state index in [1.165, 1.54) is 6.92 Å². The summed E-state index contributed by atoms with van der Waals surface area (Å²) in [6, 6.07) is 11.9. The Balaban J connectivity index is 1.63. The Morgan fingerprint density at radius 3 is 2.63 bits per heavy atom. The predicted molar refractivity (Wildman–Crippen MR) is 104 cm³/mol. The van der Waals surface area contributed by atoms with E-state index < -0.39 is 10.0 Å². The van der Waals surface area contributed by atoms with Gasteiger partial charge in [0.05, 0.1) is 4.90 Å².